The van der Waals surface area contributed by atoms with E-state index in [1.54, 1.807) is 13.0 Å². The molecule has 0 bridgehead atoms. The van der Waals surface area contributed by atoms with Crippen molar-refractivity contribution >= 4 is 17.7 Å². The van der Waals surface area contributed by atoms with Gasteiger partial charge in [-0.3, -0.25) is 4.79 Å². The van der Waals surface area contributed by atoms with Crippen molar-refractivity contribution in [2.45, 2.75) is 12.7 Å². The molecule has 1 rings (SSSR count). The van der Waals surface area contributed by atoms with Crippen LogP contribution in [0.4, 0.5) is 4.39 Å². The second-order valence-electron chi connectivity index (χ2n) is 2.93. The van der Waals surface area contributed by atoms with Gasteiger partial charge in [0.2, 0.25) is 0 Å². The molecule has 1 aromatic rings. The van der Waals surface area contributed by atoms with Gasteiger partial charge in [-0.2, -0.15) is 0 Å². The van der Waals surface area contributed by atoms with Crippen molar-refractivity contribution in [1.82, 2.24) is 0 Å². The van der Waals surface area contributed by atoms with Crippen LogP contribution in [0.1, 0.15) is 12.5 Å². The van der Waals surface area contributed by atoms with Crippen LogP contribution in [0.15, 0.2) is 24.3 Å². The Morgan fingerprint density at radius 3 is 3.00 bits per heavy atom. The first-order valence-electron chi connectivity index (χ1n) is 4.70. The highest BCUT2D eigenvalue weighted by Crippen LogP contribution is 2.13. The average molecular weight is 228 g/mol. The molecule has 0 atom stereocenters. The molecule has 0 amide bonds. The summed E-state index contributed by atoms with van der Waals surface area (Å²) in [5.41, 5.74) is 0.879. The van der Waals surface area contributed by atoms with E-state index in [0.29, 0.717) is 18.1 Å². The number of carbonyl (C=O) groups excluding carboxylic acids is 1. The Morgan fingerprint density at radius 1 is 1.53 bits per heavy atom. The van der Waals surface area contributed by atoms with Gasteiger partial charge in [-0.25, -0.2) is 4.39 Å². The van der Waals surface area contributed by atoms with Gasteiger partial charge in [0.15, 0.2) is 0 Å². The van der Waals surface area contributed by atoms with E-state index in [0.717, 1.165) is 5.56 Å². The van der Waals surface area contributed by atoms with E-state index in [-0.39, 0.29) is 11.8 Å². The van der Waals surface area contributed by atoms with Crippen LogP contribution in [0, 0.1) is 5.82 Å². The van der Waals surface area contributed by atoms with E-state index in [1.807, 2.05) is 6.07 Å². The van der Waals surface area contributed by atoms with E-state index in [1.165, 1.54) is 23.9 Å². The van der Waals surface area contributed by atoms with Gasteiger partial charge < -0.3 is 4.74 Å². The third-order valence-electron chi connectivity index (χ3n) is 1.68. The number of hydrogen-bond donors (Lipinski definition) is 0. The summed E-state index contributed by atoms with van der Waals surface area (Å²) in [6.45, 7) is 2.18. The van der Waals surface area contributed by atoms with Crippen molar-refractivity contribution in [1.29, 1.82) is 0 Å². The monoisotopic (exact) mass is 228 g/mol. The predicted molar refractivity (Wildman–Crippen MR) is 59.2 cm³/mol. The zero-order valence-electron chi connectivity index (χ0n) is 8.53. The molecule has 0 unspecified atom stereocenters. The topological polar surface area (TPSA) is 26.3 Å². The molecule has 1 aromatic carbocycles. The molecule has 0 heterocycles. The minimum atomic E-state index is -0.246. The first kappa shape index (κ1) is 12.0. The molecule has 15 heavy (non-hydrogen) atoms. The number of esters is 1. The van der Waals surface area contributed by atoms with Crippen molar-refractivity contribution in [2.75, 3.05) is 12.4 Å². The summed E-state index contributed by atoms with van der Waals surface area (Å²) < 4.78 is 17.5. The summed E-state index contributed by atoms with van der Waals surface area (Å²) in [6.07, 6.45) is 0. The lowest BCUT2D eigenvalue weighted by molar-refractivity contribution is -0.139. The number of thioether (sulfide) groups is 1. The van der Waals surface area contributed by atoms with Crippen LogP contribution >= 0.6 is 11.8 Å². The first-order valence-corrected chi connectivity index (χ1v) is 5.85. The Kier molecular flexibility index (Phi) is 5.18. The van der Waals surface area contributed by atoms with Crippen molar-refractivity contribution < 1.29 is 13.9 Å². The minimum absolute atomic E-state index is 0.223. The number of rotatable bonds is 5. The Balaban J connectivity index is 2.28. The van der Waals surface area contributed by atoms with Gasteiger partial charge in [-0.05, 0) is 24.6 Å². The molecule has 0 aliphatic heterocycles. The summed E-state index contributed by atoms with van der Waals surface area (Å²) in [5, 5.41) is 0. The molecule has 0 aromatic heterocycles. The molecule has 2 nitrogen and oxygen atoms in total. The number of halogens is 1. The van der Waals surface area contributed by atoms with Crippen molar-refractivity contribution in [3.05, 3.63) is 35.6 Å². The maximum absolute atomic E-state index is 12.8. The standard InChI is InChI=1S/C11H13FO2S/c1-2-14-11(13)8-15-7-9-4-3-5-10(12)6-9/h3-6H,2,7-8H2,1H3. The molecule has 4 heteroatoms. The van der Waals surface area contributed by atoms with Gasteiger partial charge in [0.25, 0.3) is 0 Å². The van der Waals surface area contributed by atoms with E-state index in [2.05, 4.69) is 0 Å². The summed E-state index contributed by atoms with van der Waals surface area (Å²) in [6, 6.07) is 6.37. The zero-order chi connectivity index (χ0) is 11.1. The maximum atomic E-state index is 12.8. The van der Waals surface area contributed by atoms with Crippen LogP contribution in [0.25, 0.3) is 0 Å². The van der Waals surface area contributed by atoms with E-state index >= 15 is 0 Å². The molecule has 0 N–H and O–H groups in total. The maximum Gasteiger partial charge on any atom is 0.315 e. The highest BCUT2D eigenvalue weighted by molar-refractivity contribution is 7.99. The Hall–Kier alpha value is -1.03. The fraction of sp³-hybridized carbons (Fsp3) is 0.364. The normalized spacial score (nSPS) is 10.0. The summed E-state index contributed by atoms with van der Waals surface area (Å²) in [7, 11) is 0. The SMILES string of the molecule is CCOC(=O)CSCc1cccc(F)c1. The fourth-order valence-electron chi connectivity index (χ4n) is 1.08. The number of ether oxygens (including phenoxy) is 1. The van der Waals surface area contributed by atoms with Crippen LogP contribution in [0.2, 0.25) is 0 Å². The molecular formula is C11H13FO2S. The summed E-state index contributed by atoms with van der Waals surface area (Å²) in [4.78, 5) is 11.0. The molecular weight excluding hydrogens is 215 g/mol. The zero-order valence-corrected chi connectivity index (χ0v) is 9.35. The van der Waals surface area contributed by atoms with Gasteiger partial charge in [0, 0.05) is 5.75 Å². The lowest BCUT2D eigenvalue weighted by atomic mass is 10.2. The molecule has 0 saturated heterocycles. The molecule has 0 radical (unpaired) electrons. The van der Waals surface area contributed by atoms with Crippen LogP contribution in [-0.4, -0.2) is 18.3 Å². The van der Waals surface area contributed by atoms with Crippen LogP contribution in [-0.2, 0) is 15.3 Å². The van der Waals surface area contributed by atoms with Crippen LogP contribution in [0.3, 0.4) is 0 Å². The third-order valence-corrected chi connectivity index (χ3v) is 2.66. The smallest absolute Gasteiger partial charge is 0.315 e. The molecule has 0 spiro atoms. The highest BCUT2D eigenvalue weighted by Gasteiger charge is 2.02. The fourth-order valence-corrected chi connectivity index (χ4v) is 1.85. The van der Waals surface area contributed by atoms with Crippen molar-refractivity contribution in [3.63, 3.8) is 0 Å². The quantitative estimate of drug-likeness (QED) is 0.725. The molecule has 0 aliphatic rings. The largest absolute Gasteiger partial charge is 0.465 e. The van der Waals surface area contributed by atoms with Gasteiger partial charge >= 0.3 is 5.97 Å². The highest BCUT2D eigenvalue weighted by atomic mass is 32.2. The second kappa shape index (κ2) is 6.45. The molecule has 82 valence electrons. The van der Waals surface area contributed by atoms with Gasteiger partial charge in [-0.15, -0.1) is 11.8 Å². The number of hydrogen-bond acceptors (Lipinski definition) is 3. The van der Waals surface area contributed by atoms with Crippen LogP contribution < -0.4 is 0 Å². The Morgan fingerprint density at radius 2 is 2.33 bits per heavy atom. The molecule has 0 fully saturated rings. The lowest BCUT2D eigenvalue weighted by Crippen LogP contribution is -2.06. The van der Waals surface area contributed by atoms with Gasteiger partial charge in [-0.1, -0.05) is 12.1 Å². The average Bonchev–Trinajstić information content (AvgIpc) is 2.18. The summed E-state index contributed by atoms with van der Waals surface area (Å²) >= 11 is 1.42. The Labute approximate surface area is 92.8 Å². The lowest BCUT2D eigenvalue weighted by Gasteiger charge is -2.02. The van der Waals surface area contributed by atoms with Crippen LogP contribution in [0.5, 0.6) is 0 Å². The van der Waals surface area contributed by atoms with Gasteiger partial charge in [0.05, 0.1) is 12.4 Å². The minimum Gasteiger partial charge on any atom is -0.465 e. The van der Waals surface area contributed by atoms with Crippen molar-refractivity contribution in [2.24, 2.45) is 0 Å². The predicted octanol–water partition coefficient (Wildman–Crippen LogP) is 2.62. The summed E-state index contributed by atoms with van der Waals surface area (Å²) in [5.74, 6) is 0.462. The van der Waals surface area contributed by atoms with E-state index in [4.69, 9.17) is 4.74 Å². The van der Waals surface area contributed by atoms with E-state index < -0.39 is 0 Å². The molecule has 0 aliphatic carbocycles. The Bertz CT molecular complexity index is 328. The van der Waals surface area contributed by atoms with Gasteiger partial charge in [0.1, 0.15) is 5.82 Å². The number of carbonyl (C=O) groups is 1. The first-order chi connectivity index (χ1) is 7.22. The van der Waals surface area contributed by atoms with Crippen molar-refractivity contribution in [3.8, 4) is 0 Å². The van der Waals surface area contributed by atoms with E-state index in [9.17, 15) is 9.18 Å². The second-order valence-corrected chi connectivity index (χ2v) is 3.91. The number of benzene rings is 1. The third kappa shape index (κ3) is 4.83. The molecule has 0 saturated carbocycles.